The summed E-state index contributed by atoms with van der Waals surface area (Å²) in [6, 6.07) is 20.0. The summed E-state index contributed by atoms with van der Waals surface area (Å²) < 4.78 is 43.6. The number of benzene rings is 3. The molecule has 0 saturated heterocycles. The number of Topliss-reactive ketones (excluding diaryl/α,β-unsaturated/α-hetero) is 1. The average molecular weight is 740 g/mol. The molecule has 4 aromatic rings. The highest BCUT2D eigenvalue weighted by Gasteiger charge is 2.45. The van der Waals surface area contributed by atoms with E-state index in [0.717, 1.165) is 11.1 Å². The number of ether oxygens (including phenoxy) is 1. The third-order valence-electron chi connectivity index (χ3n) is 7.94. The van der Waals surface area contributed by atoms with Crippen molar-refractivity contribution in [2.45, 2.75) is 49.9 Å². The number of amides is 2. The number of carbonyl (C=O) groups is 4. The number of nitrogens with one attached hydrogen (secondary N) is 4. The second-order valence-electron chi connectivity index (χ2n) is 11.9. The Morgan fingerprint density at radius 2 is 1.58 bits per heavy atom. The largest absolute Gasteiger partial charge is 0.480 e. The van der Waals surface area contributed by atoms with Gasteiger partial charge in [0, 0.05) is 29.2 Å². The minimum Gasteiger partial charge on any atom is -0.480 e. The van der Waals surface area contributed by atoms with Gasteiger partial charge in [0.05, 0.1) is 5.54 Å². The second-order valence-corrected chi connectivity index (χ2v) is 12.3. The third-order valence-corrected chi connectivity index (χ3v) is 8.19. The smallest absolute Gasteiger partial charge is 0.422 e. The molecule has 5 rings (SSSR count). The number of nitrogens with zero attached hydrogens (tertiary/aromatic N) is 3. The summed E-state index contributed by atoms with van der Waals surface area (Å²) in [5, 5.41) is 21.0. The van der Waals surface area contributed by atoms with Crippen LogP contribution in [0.25, 0.3) is 0 Å². The van der Waals surface area contributed by atoms with Gasteiger partial charge in [-0.05, 0) is 73.2 Å². The highest BCUT2D eigenvalue weighted by atomic mass is 35.5. The highest BCUT2D eigenvalue weighted by molar-refractivity contribution is 6.36. The van der Waals surface area contributed by atoms with Gasteiger partial charge in [-0.25, -0.2) is 4.79 Å². The molecule has 0 bridgehead atoms. The van der Waals surface area contributed by atoms with Crippen molar-refractivity contribution in [2.75, 3.05) is 23.8 Å². The topological polar surface area (TPSA) is 185 Å². The number of anilines is 3. The lowest BCUT2D eigenvalue weighted by molar-refractivity contribution is -0.154. The van der Waals surface area contributed by atoms with E-state index in [1.165, 1.54) is 24.3 Å². The van der Waals surface area contributed by atoms with Crippen LogP contribution in [0.5, 0.6) is 6.01 Å². The van der Waals surface area contributed by atoms with E-state index in [1.807, 2.05) is 42.5 Å². The normalized spacial score (nSPS) is 13.7. The maximum Gasteiger partial charge on any atom is 0.422 e. The van der Waals surface area contributed by atoms with Crippen molar-refractivity contribution in [3.63, 3.8) is 0 Å². The lowest BCUT2D eigenvalue weighted by atomic mass is 10.1. The van der Waals surface area contributed by atoms with Crippen molar-refractivity contribution in [1.29, 1.82) is 0 Å². The van der Waals surface area contributed by atoms with Crippen molar-refractivity contribution in [3.8, 4) is 6.01 Å². The van der Waals surface area contributed by atoms with E-state index < -0.39 is 53.9 Å². The van der Waals surface area contributed by atoms with Crippen molar-refractivity contribution in [2.24, 2.45) is 0 Å². The maximum atomic E-state index is 12.9. The lowest BCUT2D eigenvalue weighted by Gasteiger charge is -2.19. The van der Waals surface area contributed by atoms with Gasteiger partial charge >= 0.3 is 18.2 Å². The monoisotopic (exact) mass is 739 g/mol. The Balaban J connectivity index is 1.18. The summed E-state index contributed by atoms with van der Waals surface area (Å²) in [6.07, 6.45) is -3.04. The number of aromatic nitrogens is 3. The zero-order chi connectivity index (χ0) is 37.3. The first-order valence-electron chi connectivity index (χ1n) is 16.0. The van der Waals surface area contributed by atoms with Crippen molar-refractivity contribution >= 4 is 52.8 Å². The summed E-state index contributed by atoms with van der Waals surface area (Å²) >= 11 is 6.02. The molecule has 1 saturated carbocycles. The Bertz CT molecular complexity index is 1890. The van der Waals surface area contributed by atoms with Gasteiger partial charge < -0.3 is 31.1 Å². The standard InChI is InChI=1S/C35H33ClF3N7O6/c36-24-11-9-23(10-12-24)34(17-18-34)46-32-43-31(44-33(45-32)52-20-35(37,38)39)41-25-13-7-22(8-14-25)28(48)42-26(30(50)51)16-19-40-29(49)27(47)15-6-21-4-2-1-3-5-21/h1-5,7-14,26H,6,15-20H2,(H,40,49)(H,42,48)(H,50,51)(H2,41,43,44,45,46)/t26-/m0/s1. The van der Waals surface area contributed by atoms with Crippen LogP contribution in [0.1, 0.15) is 47.2 Å². The summed E-state index contributed by atoms with van der Waals surface area (Å²) in [5.74, 6) is -3.74. The summed E-state index contributed by atoms with van der Waals surface area (Å²) in [5.41, 5.74) is 1.65. The first-order chi connectivity index (χ1) is 24.8. The van der Waals surface area contributed by atoms with E-state index in [-0.39, 0.29) is 36.8 Å². The number of alkyl halides is 3. The Morgan fingerprint density at radius 3 is 2.21 bits per heavy atom. The lowest BCUT2D eigenvalue weighted by Crippen LogP contribution is -2.43. The number of hydrogen-bond donors (Lipinski definition) is 5. The van der Waals surface area contributed by atoms with Gasteiger partial charge in [0.1, 0.15) is 6.04 Å². The number of aryl methyl sites for hydroxylation is 1. The predicted octanol–water partition coefficient (Wildman–Crippen LogP) is 5.20. The molecule has 1 heterocycles. The minimum absolute atomic E-state index is 0.0108. The van der Waals surface area contributed by atoms with Crippen LogP contribution >= 0.6 is 11.6 Å². The van der Waals surface area contributed by atoms with Crippen LogP contribution in [0.3, 0.4) is 0 Å². The van der Waals surface area contributed by atoms with Crippen LogP contribution in [0.15, 0.2) is 78.9 Å². The van der Waals surface area contributed by atoms with Crippen LogP contribution < -0.4 is 26.0 Å². The van der Waals surface area contributed by atoms with Gasteiger partial charge in [-0.15, -0.1) is 0 Å². The van der Waals surface area contributed by atoms with E-state index in [4.69, 9.17) is 16.3 Å². The molecule has 1 aliphatic carbocycles. The molecule has 3 aromatic carbocycles. The molecule has 0 unspecified atom stereocenters. The molecule has 1 fully saturated rings. The fourth-order valence-corrected chi connectivity index (χ4v) is 5.18. The highest BCUT2D eigenvalue weighted by Crippen LogP contribution is 2.48. The molecule has 17 heteroatoms. The van der Waals surface area contributed by atoms with Crippen molar-refractivity contribution in [1.82, 2.24) is 25.6 Å². The Kier molecular flexibility index (Phi) is 11.9. The Morgan fingerprint density at radius 1 is 0.904 bits per heavy atom. The van der Waals surface area contributed by atoms with Crippen molar-refractivity contribution < 1.29 is 42.2 Å². The van der Waals surface area contributed by atoms with E-state index in [0.29, 0.717) is 30.0 Å². The number of carbonyl (C=O) groups excluding carboxylic acids is 3. The summed E-state index contributed by atoms with van der Waals surface area (Å²) in [4.78, 5) is 61.4. The molecular formula is C35H33ClF3N7O6. The van der Waals surface area contributed by atoms with Gasteiger partial charge in [0.25, 0.3) is 11.8 Å². The van der Waals surface area contributed by atoms with Gasteiger partial charge in [-0.2, -0.15) is 28.1 Å². The van der Waals surface area contributed by atoms with Crippen LogP contribution in [-0.2, 0) is 26.3 Å². The fraction of sp³-hybridized carbons (Fsp3) is 0.286. The molecule has 0 radical (unpaired) electrons. The SMILES string of the molecule is O=C(CCc1ccccc1)C(=O)NCC[C@H](NC(=O)c1ccc(Nc2nc(NC3(c4ccc(Cl)cc4)CC3)nc(OCC(F)(F)F)n2)cc1)C(=O)O. The molecule has 2 amide bonds. The number of aliphatic carboxylic acids is 1. The molecule has 0 aliphatic heterocycles. The quantitative estimate of drug-likeness (QED) is 0.0897. The van der Waals surface area contributed by atoms with E-state index >= 15 is 0 Å². The van der Waals surface area contributed by atoms with Crippen LogP contribution in [0, 0.1) is 0 Å². The Hall–Kier alpha value is -5.77. The molecule has 1 atom stereocenters. The molecule has 5 N–H and O–H groups in total. The average Bonchev–Trinajstić information content (AvgIpc) is 3.90. The first-order valence-corrected chi connectivity index (χ1v) is 16.4. The fourth-order valence-electron chi connectivity index (χ4n) is 5.05. The van der Waals surface area contributed by atoms with Crippen LogP contribution in [0.2, 0.25) is 5.02 Å². The number of carboxylic acids is 1. The van der Waals surface area contributed by atoms with E-state index in [2.05, 4.69) is 36.2 Å². The molecule has 1 aliphatic rings. The molecule has 1 aromatic heterocycles. The number of halogens is 4. The first kappa shape index (κ1) is 37.5. The summed E-state index contributed by atoms with van der Waals surface area (Å²) in [6.45, 7) is -1.80. The third kappa shape index (κ3) is 10.9. The second kappa shape index (κ2) is 16.5. The van der Waals surface area contributed by atoms with Crippen LogP contribution in [0.4, 0.5) is 30.8 Å². The molecule has 13 nitrogen and oxygen atoms in total. The zero-order valence-corrected chi connectivity index (χ0v) is 28.1. The van der Waals surface area contributed by atoms with E-state index in [9.17, 15) is 37.5 Å². The maximum absolute atomic E-state index is 12.9. The van der Waals surface area contributed by atoms with E-state index in [1.54, 1.807) is 12.1 Å². The van der Waals surface area contributed by atoms with Gasteiger partial charge in [-0.1, -0.05) is 54.1 Å². The molecule has 272 valence electrons. The van der Waals surface area contributed by atoms with Gasteiger partial charge in [-0.3, -0.25) is 14.4 Å². The van der Waals surface area contributed by atoms with Gasteiger partial charge in [0.2, 0.25) is 17.7 Å². The minimum atomic E-state index is -4.64. The van der Waals surface area contributed by atoms with Crippen molar-refractivity contribution in [3.05, 3.63) is 101 Å². The molecule has 52 heavy (non-hydrogen) atoms. The molecular weight excluding hydrogens is 707 g/mol. The van der Waals surface area contributed by atoms with Crippen LogP contribution in [-0.4, -0.2) is 69.0 Å². The zero-order valence-electron chi connectivity index (χ0n) is 27.4. The number of ketones is 1. The van der Waals surface area contributed by atoms with Gasteiger partial charge in [0.15, 0.2) is 6.61 Å². The Labute approximate surface area is 300 Å². The number of carboxylic acid groups (broad SMARTS) is 1. The summed E-state index contributed by atoms with van der Waals surface area (Å²) in [7, 11) is 0. The predicted molar refractivity (Wildman–Crippen MR) is 183 cm³/mol. The number of rotatable bonds is 17. The molecule has 0 spiro atoms. The number of hydrogen-bond acceptors (Lipinski definition) is 10.